The zero-order chi connectivity index (χ0) is 25.8. The van der Waals surface area contributed by atoms with Crippen LogP contribution >= 0.6 is 0 Å². The molecule has 1 N–H and O–H groups in total. The summed E-state index contributed by atoms with van der Waals surface area (Å²) in [6, 6.07) is 26.9. The number of nitrogens with zero attached hydrogens (tertiary/aromatic N) is 5. The third-order valence-corrected chi connectivity index (χ3v) is 6.72. The summed E-state index contributed by atoms with van der Waals surface area (Å²) < 4.78 is 33.7. The van der Waals surface area contributed by atoms with Crippen LogP contribution in [-0.2, 0) is 10.0 Å². The average Bonchev–Trinajstić information content (AvgIpc) is 3.32. The monoisotopic (exact) mass is 510 g/mol. The van der Waals surface area contributed by atoms with E-state index in [-0.39, 0.29) is 10.8 Å². The van der Waals surface area contributed by atoms with E-state index >= 15 is 0 Å². The summed E-state index contributed by atoms with van der Waals surface area (Å²) in [6.45, 7) is 3.54. The second-order valence-electron chi connectivity index (χ2n) is 8.21. The molecule has 5 rings (SSSR count). The summed E-state index contributed by atoms with van der Waals surface area (Å²) in [5.41, 5.74) is 4.47. The number of hydrogen-bond donors (Lipinski definition) is 1. The molecule has 2 heterocycles. The lowest BCUT2D eigenvalue weighted by atomic mass is 10.1. The lowest BCUT2D eigenvalue weighted by molar-refractivity contribution is 0.435. The van der Waals surface area contributed by atoms with E-state index in [1.165, 1.54) is 12.1 Å². The maximum atomic E-state index is 12.8. The number of nitrogens with one attached hydrogen (secondary N) is 1. The third-order valence-electron chi connectivity index (χ3n) is 5.37. The van der Waals surface area contributed by atoms with Crippen molar-refractivity contribution in [3.63, 3.8) is 0 Å². The second-order valence-corrected chi connectivity index (χ2v) is 9.90. The van der Waals surface area contributed by atoms with Gasteiger partial charge < -0.3 is 4.52 Å². The first-order valence-electron chi connectivity index (χ1n) is 11.4. The van der Waals surface area contributed by atoms with Crippen LogP contribution in [0.5, 0.6) is 0 Å². The predicted molar refractivity (Wildman–Crippen MR) is 140 cm³/mol. The number of aryl methyl sites for hydroxylation is 2. The summed E-state index contributed by atoms with van der Waals surface area (Å²) in [4.78, 5) is 8.32. The molecule has 0 aliphatic carbocycles. The molecule has 10 heteroatoms. The molecule has 5 aromatic rings. The molecule has 0 saturated heterocycles. The molecule has 0 unspecified atom stereocenters. The highest BCUT2D eigenvalue weighted by atomic mass is 32.2. The summed E-state index contributed by atoms with van der Waals surface area (Å²) in [5.74, 6) is 0.510. The van der Waals surface area contributed by atoms with Crippen molar-refractivity contribution >= 4 is 27.3 Å². The zero-order valence-corrected chi connectivity index (χ0v) is 20.8. The van der Waals surface area contributed by atoms with E-state index < -0.39 is 10.0 Å². The van der Waals surface area contributed by atoms with Gasteiger partial charge in [0.25, 0.3) is 10.0 Å². The van der Waals surface area contributed by atoms with E-state index in [1.807, 2.05) is 60.7 Å². The number of rotatable bonds is 7. The molecule has 37 heavy (non-hydrogen) atoms. The lowest BCUT2D eigenvalue weighted by Gasteiger charge is -2.08. The van der Waals surface area contributed by atoms with Gasteiger partial charge in [-0.25, -0.2) is 23.1 Å². The average molecular weight is 511 g/mol. The maximum absolute atomic E-state index is 12.8. The van der Waals surface area contributed by atoms with Gasteiger partial charge in [0, 0.05) is 22.5 Å². The van der Waals surface area contributed by atoms with E-state index in [9.17, 15) is 8.42 Å². The Balaban J connectivity index is 1.44. The first-order chi connectivity index (χ1) is 17.9. The van der Waals surface area contributed by atoms with E-state index in [2.05, 4.69) is 30.1 Å². The summed E-state index contributed by atoms with van der Waals surface area (Å²) in [5, 5.41) is 13.0. The molecule has 0 spiro atoms. The number of azo groups is 1. The van der Waals surface area contributed by atoms with Crippen molar-refractivity contribution < 1.29 is 12.9 Å². The van der Waals surface area contributed by atoms with Crippen LogP contribution in [0.4, 0.5) is 17.3 Å². The minimum Gasteiger partial charge on any atom is -0.353 e. The van der Waals surface area contributed by atoms with Gasteiger partial charge in [-0.1, -0.05) is 65.8 Å². The van der Waals surface area contributed by atoms with Crippen LogP contribution in [0.1, 0.15) is 11.4 Å². The van der Waals surface area contributed by atoms with E-state index in [4.69, 9.17) is 4.52 Å². The highest BCUT2D eigenvalue weighted by Crippen LogP contribution is 2.39. The van der Waals surface area contributed by atoms with Crippen molar-refractivity contribution in [1.82, 2.24) is 15.1 Å². The van der Waals surface area contributed by atoms with Gasteiger partial charge in [0.1, 0.15) is 5.69 Å². The van der Waals surface area contributed by atoms with Crippen LogP contribution in [0, 0.1) is 13.8 Å². The van der Waals surface area contributed by atoms with Crippen molar-refractivity contribution in [2.75, 3.05) is 4.72 Å². The normalized spacial score (nSPS) is 11.6. The largest absolute Gasteiger partial charge is 0.353 e. The van der Waals surface area contributed by atoms with Crippen LogP contribution in [0.15, 0.2) is 111 Å². The van der Waals surface area contributed by atoms with Gasteiger partial charge in [-0.2, -0.15) is 5.11 Å². The van der Waals surface area contributed by atoms with Gasteiger partial charge in [-0.05, 0) is 44.2 Å². The number of sulfonamides is 1. The van der Waals surface area contributed by atoms with Crippen LogP contribution in [0.2, 0.25) is 0 Å². The molecule has 0 fully saturated rings. The van der Waals surface area contributed by atoms with Crippen molar-refractivity contribution in [2.45, 2.75) is 18.7 Å². The Hall–Kier alpha value is -4.70. The predicted octanol–water partition coefficient (Wildman–Crippen LogP) is 6.63. The van der Waals surface area contributed by atoms with Gasteiger partial charge >= 0.3 is 0 Å². The fourth-order valence-corrected chi connectivity index (χ4v) is 4.64. The number of hydrogen-bond acceptors (Lipinski definition) is 8. The number of anilines is 1. The minimum atomic E-state index is -3.88. The molecule has 0 amide bonds. The smallest absolute Gasteiger partial charge is 0.264 e. The van der Waals surface area contributed by atoms with E-state index in [0.717, 1.165) is 11.1 Å². The van der Waals surface area contributed by atoms with Gasteiger partial charge in [0.15, 0.2) is 11.4 Å². The number of aromatic nitrogens is 3. The van der Waals surface area contributed by atoms with Crippen LogP contribution in [-0.4, -0.2) is 23.5 Å². The van der Waals surface area contributed by atoms with Crippen molar-refractivity contribution in [3.8, 4) is 22.6 Å². The highest BCUT2D eigenvalue weighted by molar-refractivity contribution is 7.92. The molecule has 0 radical (unpaired) electrons. The zero-order valence-electron chi connectivity index (χ0n) is 20.0. The Labute approximate surface area is 214 Å². The second kappa shape index (κ2) is 10.1. The molecule has 2 aromatic heterocycles. The Morgan fingerprint density at radius 2 is 1.35 bits per heavy atom. The van der Waals surface area contributed by atoms with Crippen LogP contribution in [0.25, 0.3) is 22.6 Å². The topological polar surface area (TPSA) is 123 Å². The van der Waals surface area contributed by atoms with Crippen LogP contribution in [0.3, 0.4) is 0 Å². The Kier molecular flexibility index (Phi) is 6.57. The molecule has 0 atom stereocenters. The Morgan fingerprint density at radius 3 is 1.97 bits per heavy atom. The Bertz CT molecular complexity index is 1590. The number of benzene rings is 3. The third kappa shape index (κ3) is 5.44. The summed E-state index contributed by atoms with van der Waals surface area (Å²) in [7, 11) is -3.88. The standard InChI is InChI=1S/C27H22N6O3S/c1-18-17-19(2)29-27(28-18)33-37(34,35)23-15-13-22(14-16-23)30-31-25-24(20-9-5-3-6-10-20)32-36-26(25)21-11-7-4-8-12-21/h3-17H,1-2H3,(H,28,29,33). The van der Waals surface area contributed by atoms with E-state index in [1.54, 1.807) is 32.0 Å². The van der Waals surface area contributed by atoms with Crippen molar-refractivity contribution in [3.05, 3.63) is 102 Å². The first kappa shape index (κ1) is 24.0. The fraction of sp³-hybridized carbons (Fsp3) is 0.0741. The van der Waals surface area contributed by atoms with Crippen molar-refractivity contribution in [1.29, 1.82) is 0 Å². The molecule has 9 nitrogen and oxygen atoms in total. The van der Waals surface area contributed by atoms with Gasteiger partial charge in [-0.3, -0.25) is 0 Å². The molecule has 184 valence electrons. The maximum Gasteiger partial charge on any atom is 0.264 e. The minimum absolute atomic E-state index is 0.0237. The fourth-order valence-electron chi connectivity index (χ4n) is 3.69. The Morgan fingerprint density at radius 1 is 0.757 bits per heavy atom. The SMILES string of the molecule is Cc1cc(C)nc(NS(=O)(=O)c2ccc(N=Nc3c(-c4ccccc4)noc3-c3ccccc3)cc2)n1. The first-order valence-corrected chi connectivity index (χ1v) is 12.8. The van der Waals surface area contributed by atoms with Gasteiger partial charge in [0.2, 0.25) is 5.95 Å². The molecule has 0 saturated carbocycles. The summed E-state index contributed by atoms with van der Waals surface area (Å²) in [6.07, 6.45) is 0. The molecular weight excluding hydrogens is 488 g/mol. The van der Waals surface area contributed by atoms with E-state index in [0.29, 0.717) is 34.2 Å². The molecule has 3 aromatic carbocycles. The van der Waals surface area contributed by atoms with Gasteiger partial charge in [-0.15, -0.1) is 5.11 Å². The lowest BCUT2D eigenvalue weighted by Crippen LogP contribution is -2.15. The highest BCUT2D eigenvalue weighted by Gasteiger charge is 2.20. The summed E-state index contributed by atoms with van der Waals surface area (Å²) >= 11 is 0. The molecular formula is C27H22N6O3S. The molecule has 0 aliphatic heterocycles. The molecule has 0 aliphatic rings. The van der Waals surface area contributed by atoms with Crippen LogP contribution < -0.4 is 4.72 Å². The molecule has 0 bridgehead atoms. The quantitative estimate of drug-likeness (QED) is 0.245. The van der Waals surface area contributed by atoms with Gasteiger partial charge in [0.05, 0.1) is 10.6 Å². The van der Waals surface area contributed by atoms with Crippen molar-refractivity contribution in [2.24, 2.45) is 10.2 Å².